The average molecular weight is 258 g/mol. The number of nitro groups is 1. The molecule has 19 heavy (non-hydrogen) atoms. The smallest absolute Gasteiger partial charge is 0.269 e. The SMILES string of the molecule is O=C(Nc1ccc([N+](=O)[O-])cc1)C1CC2C=CC1C2. The van der Waals surface area contributed by atoms with Crippen molar-refractivity contribution in [1.82, 2.24) is 0 Å². The molecule has 1 aromatic rings. The number of rotatable bonds is 3. The maximum Gasteiger partial charge on any atom is 0.269 e. The lowest BCUT2D eigenvalue weighted by Crippen LogP contribution is -2.25. The van der Waals surface area contributed by atoms with E-state index in [9.17, 15) is 14.9 Å². The molecule has 0 spiro atoms. The van der Waals surface area contributed by atoms with Crippen LogP contribution < -0.4 is 5.32 Å². The molecule has 3 atom stereocenters. The van der Waals surface area contributed by atoms with Gasteiger partial charge in [0.1, 0.15) is 0 Å². The van der Waals surface area contributed by atoms with Gasteiger partial charge in [0.05, 0.1) is 4.92 Å². The largest absolute Gasteiger partial charge is 0.326 e. The van der Waals surface area contributed by atoms with E-state index in [-0.39, 0.29) is 17.5 Å². The molecule has 1 N–H and O–H groups in total. The highest BCUT2D eigenvalue weighted by molar-refractivity contribution is 5.93. The van der Waals surface area contributed by atoms with Crippen molar-refractivity contribution in [3.63, 3.8) is 0 Å². The highest BCUT2D eigenvalue weighted by Crippen LogP contribution is 2.43. The first kappa shape index (κ1) is 11.9. The zero-order chi connectivity index (χ0) is 13.4. The molecular weight excluding hydrogens is 244 g/mol. The number of carbonyl (C=O) groups is 1. The summed E-state index contributed by atoms with van der Waals surface area (Å²) >= 11 is 0. The molecule has 0 aliphatic heterocycles. The van der Waals surface area contributed by atoms with E-state index >= 15 is 0 Å². The second-order valence-corrected chi connectivity index (χ2v) is 5.18. The van der Waals surface area contributed by atoms with E-state index in [1.807, 2.05) is 0 Å². The van der Waals surface area contributed by atoms with E-state index in [0.29, 0.717) is 17.5 Å². The second-order valence-electron chi connectivity index (χ2n) is 5.18. The Bertz CT molecular complexity index is 550. The molecule has 0 saturated heterocycles. The van der Waals surface area contributed by atoms with Gasteiger partial charge < -0.3 is 5.32 Å². The van der Waals surface area contributed by atoms with Gasteiger partial charge in [0, 0.05) is 23.7 Å². The molecule has 1 aromatic carbocycles. The van der Waals surface area contributed by atoms with Crippen molar-refractivity contribution in [3.05, 3.63) is 46.5 Å². The molecule has 0 aromatic heterocycles. The standard InChI is InChI=1S/C14H14N2O3/c17-14(13-8-9-1-2-10(13)7-9)15-11-3-5-12(6-4-11)16(18)19/h1-6,9-10,13H,7-8H2,(H,15,17). The quantitative estimate of drug-likeness (QED) is 0.514. The van der Waals surface area contributed by atoms with E-state index in [1.54, 1.807) is 12.1 Å². The number of nitrogens with one attached hydrogen (secondary N) is 1. The second kappa shape index (κ2) is 4.50. The maximum absolute atomic E-state index is 12.1. The molecule has 3 unspecified atom stereocenters. The number of amides is 1. The molecule has 1 saturated carbocycles. The van der Waals surface area contributed by atoms with Crippen molar-refractivity contribution in [2.45, 2.75) is 12.8 Å². The lowest BCUT2D eigenvalue weighted by Gasteiger charge is -2.17. The number of carbonyl (C=O) groups excluding carboxylic acids is 1. The maximum atomic E-state index is 12.1. The van der Waals surface area contributed by atoms with Gasteiger partial charge in [-0.1, -0.05) is 12.2 Å². The Morgan fingerprint density at radius 1 is 1.21 bits per heavy atom. The number of hydrogen-bond acceptors (Lipinski definition) is 3. The Labute approximate surface area is 110 Å². The van der Waals surface area contributed by atoms with Crippen LogP contribution in [-0.4, -0.2) is 10.8 Å². The van der Waals surface area contributed by atoms with E-state index < -0.39 is 4.92 Å². The molecule has 0 heterocycles. The van der Waals surface area contributed by atoms with Crippen LogP contribution in [0.15, 0.2) is 36.4 Å². The third-order valence-electron chi connectivity index (χ3n) is 3.96. The molecule has 2 aliphatic rings. The van der Waals surface area contributed by atoms with Gasteiger partial charge in [-0.25, -0.2) is 0 Å². The highest BCUT2D eigenvalue weighted by Gasteiger charge is 2.39. The fourth-order valence-electron chi connectivity index (χ4n) is 2.98. The minimum Gasteiger partial charge on any atom is -0.326 e. The average Bonchev–Trinajstić information content (AvgIpc) is 3.01. The van der Waals surface area contributed by atoms with Crippen LogP contribution in [-0.2, 0) is 4.79 Å². The number of allylic oxidation sites excluding steroid dienone is 2. The summed E-state index contributed by atoms with van der Waals surface area (Å²) in [6.07, 6.45) is 6.33. The Morgan fingerprint density at radius 2 is 1.95 bits per heavy atom. The van der Waals surface area contributed by atoms with Crippen LogP contribution in [0.4, 0.5) is 11.4 Å². The van der Waals surface area contributed by atoms with Gasteiger partial charge in [-0.05, 0) is 36.8 Å². The van der Waals surface area contributed by atoms with Crippen molar-refractivity contribution in [3.8, 4) is 0 Å². The van der Waals surface area contributed by atoms with E-state index in [2.05, 4.69) is 17.5 Å². The highest BCUT2D eigenvalue weighted by atomic mass is 16.6. The first-order valence-electron chi connectivity index (χ1n) is 6.37. The lowest BCUT2D eigenvalue weighted by atomic mass is 9.93. The van der Waals surface area contributed by atoms with Gasteiger partial charge >= 0.3 is 0 Å². The van der Waals surface area contributed by atoms with Gasteiger partial charge in [0.15, 0.2) is 0 Å². The summed E-state index contributed by atoms with van der Waals surface area (Å²) in [5.41, 5.74) is 0.642. The molecule has 98 valence electrons. The van der Waals surface area contributed by atoms with Crippen LogP contribution in [0.1, 0.15) is 12.8 Å². The molecule has 0 radical (unpaired) electrons. The predicted molar refractivity (Wildman–Crippen MR) is 70.6 cm³/mol. The van der Waals surface area contributed by atoms with Crippen molar-refractivity contribution >= 4 is 17.3 Å². The number of anilines is 1. The van der Waals surface area contributed by atoms with Gasteiger partial charge in [-0.3, -0.25) is 14.9 Å². The van der Waals surface area contributed by atoms with Crippen LogP contribution in [0, 0.1) is 27.9 Å². The normalized spacial score (nSPS) is 27.5. The molecular formula is C14H14N2O3. The van der Waals surface area contributed by atoms with E-state index in [4.69, 9.17) is 0 Å². The fraction of sp³-hybridized carbons (Fsp3) is 0.357. The minimum atomic E-state index is -0.452. The summed E-state index contributed by atoms with van der Waals surface area (Å²) in [5, 5.41) is 13.4. The number of nitro benzene ring substituents is 1. The number of fused-ring (bicyclic) bond motifs is 2. The molecule has 1 amide bonds. The number of benzene rings is 1. The Morgan fingerprint density at radius 3 is 2.47 bits per heavy atom. The predicted octanol–water partition coefficient (Wildman–Crippen LogP) is 2.75. The Kier molecular flexibility index (Phi) is 2.81. The summed E-state index contributed by atoms with van der Waals surface area (Å²) in [7, 11) is 0. The van der Waals surface area contributed by atoms with Gasteiger partial charge in [0.25, 0.3) is 5.69 Å². The van der Waals surface area contributed by atoms with Crippen molar-refractivity contribution < 1.29 is 9.72 Å². The van der Waals surface area contributed by atoms with Crippen molar-refractivity contribution in [2.24, 2.45) is 17.8 Å². The summed E-state index contributed by atoms with van der Waals surface area (Å²) < 4.78 is 0. The van der Waals surface area contributed by atoms with Crippen LogP contribution in [0.2, 0.25) is 0 Å². The topological polar surface area (TPSA) is 72.2 Å². The summed E-state index contributed by atoms with van der Waals surface area (Å²) in [4.78, 5) is 22.2. The van der Waals surface area contributed by atoms with Crippen molar-refractivity contribution in [1.29, 1.82) is 0 Å². The van der Waals surface area contributed by atoms with Crippen molar-refractivity contribution in [2.75, 3.05) is 5.32 Å². The minimum absolute atomic E-state index is 0.0192. The Balaban J connectivity index is 1.66. The zero-order valence-corrected chi connectivity index (χ0v) is 10.3. The monoisotopic (exact) mass is 258 g/mol. The molecule has 3 rings (SSSR count). The third kappa shape index (κ3) is 2.23. The van der Waals surface area contributed by atoms with Crippen LogP contribution in [0.25, 0.3) is 0 Å². The fourth-order valence-corrected chi connectivity index (χ4v) is 2.98. The van der Waals surface area contributed by atoms with E-state index in [1.165, 1.54) is 12.1 Å². The van der Waals surface area contributed by atoms with Crippen LogP contribution in [0.5, 0.6) is 0 Å². The molecule has 5 heteroatoms. The van der Waals surface area contributed by atoms with E-state index in [0.717, 1.165) is 12.8 Å². The zero-order valence-electron chi connectivity index (χ0n) is 10.3. The number of hydrogen-bond donors (Lipinski definition) is 1. The molecule has 2 aliphatic carbocycles. The summed E-state index contributed by atoms with van der Waals surface area (Å²) in [6.45, 7) is 0. The van der Waals surface area contributed by atoms with Crippen LogP contribution >= 0.6 is 0 Å². The number of non-ortho nitro benzene ring substituents is 1. The van der Waals surface area contributed by atoms with Gasteiger partial charge in [-0.2, -0.15) is 0 Å². The molecule has 1 fully saturated rings. The molecule has 2 bridgehead atoms. The third-order valence-corrected chi connectivity index (χ3v) is 3.96. The first-order chi connectivity index (χ1) is 9.13. The van der Waals surface area contributed by atoms with Crippen LogP contribution in [0.3, 0.4) is 0 Å². The van der Waals surface area contributed by atoms with Gasteiger partial charge in [-0.15, -0.1) is 0 Å². The summed E-state index contributed by atoms with van der Waals surface area (Å²) in [5.74, 6) is 0.983. The molecule has 5 nitrogen and oxygen atoms in total. The van der Waals surface area contributed by atoms with Gasteiger partial charge in [0.2, 0.25) is 5.91 Å². The number of nitrogens with zero attached hydrogens (tertiary/aromatic N) is 1. The Hall–Kier alpha value is -2.17. The summed E-state index contributed by atoms with van der Waals surface area (Å²) in [6, 6.07) is 5.94. The first-order valence-corrected chi connectivity index (χ1v) is 6.37. The lowest BCUT2D eigenvalue weighted by molar-refractivity contribution is -0.384.